The second kappa shape index (κ2) is 11.6. The number of halogens is 3. The van der Waals surface area contributed by atoms with E-state index < -0.39 is 29.8 Å². The van der Waals surface area contributed by atoms with Gasteiger partial charge in [0.15, 0.2) is 5.82 Å². The highest BCUT2D eigenvalue weighted by Gasteiger charge is 2.40. The number of fused-ring (bicyclic) bond motifs is 4. The molecule has 0 saturated carbocycles. The first-order valence-corrected chi connectivity index (χ1v) is 14.5. The van der Waals surface area contributed by atoms with Crippen LogP contribution in [0.3, 0.4) is 0 Å². The van der Waals surface area contributed by atoms with E-state index in [1.165, 1.54) is 6.07 Å². The van der Waals surface area contributed by atoms with Crippen molar-refractivity contribution in [2.75, 3.05) is 28.2 Å². The molecule has 2 aliphatic rings. The Morgan fingerprint density at radius 2 is 1.91 bits per heavy atom. The van der Waals surface area contributed by atoms with Gasteiger partial charge in [0.25, 0.3) is 0 Å². The number of anilines is 3. The van der Waals surface area contributed by atoms with E-state index in [9.17, 15) is 23.1 Å². The van der Waals surface area contributed by atoms with E-state index in [0.29, 0.717) is 40.7 Å². The molecular weight excluding hydrogens is 589 g/mol. The second-order valence-electron chi connectivity index (χ2n) is 12.0. The Kier molecular flexibility index (Phi) is 7.77. The monoisotopic (exact) mass is 622 g/mol. The Balaban J connectivity index is 1.20. The highest BCUT2D eigenvalue weighted by Crippen LogP contribution is 2.41. The standard InChI is InChI=1S/C31H33F3N8O3/c1-30(2,3)45-29(44)35-16-22-17-41(39-38-22)23-9-5-8-21(15-23)36-28(43)42-24-12-13-40(18-24)26-11-10-25(37-27(26)42)19-6-4-7-20(14-19)31(32,33)34/h4-11,14-15,17,24,28,36,43H,12-13,16,18H2,1-3H3,(H,35,44)/t24-,28?/m0/s1. The van der Waals surface area contributed by atoms with Gasteiger partial charge in [-0.15, -0.1) is 5.10 Å². The number of aliphatic hydroxyl groups is 1. The van der Waals surface area contributed by atoms with Crippen LogP contribution in [-0.4, -0.2) is 62.3 Å². The van der Waals surface area contributed by atoms with Gasteiger partial charge in [0.1, 0.15) is 11.3 Å². The van der Waals surface area contributed by atoms with Crippen LogP contribution in [-0.2, 0) is 17.5 Å². The number of aliphatic hydroxyl groups excluding tert-OH is 1. The van der Waals surface area contributed by atoms with Gasteiger partial charge in [-0.1, -0.05) is 23.4 Å². The van der Waals surface area contributed by atoms with Crippen LogP contribution in [0.1, 0.15) is 38.4 Å². The van der Waals surface area contributed by atoms with E-state index in [1.807, 2.05) is 12.1 Å². The van der Waals surface area contributed by atoms with Crippen molar-refractivity contribution in [2.24, 2.45) is 0 Å². The summed E-state index contributed by atoms with van der Waals surface area (Å²) < 4.78 is 47.0. The summed E-state index contributed by atoms with van der Waals surface area (Å²) in [6, 6.07) is 15.8. The molecule has 2 aromatic carbocycles. The molecule has 0 radical (unpaired) electrons. The maximum atomic E-state index is 13.4. The number of hydrogen-bond donors (Lipinski definition) is 3. The van der Waals surface area contributed by atoms with Crippen LogP contribution >= 0.6 is 0 Å². The van der Waals surface area contributed by atoms with Crippen molar-refractivity contribution < 1.29 is 27.8 Å². The molecule has 0 aliphatic carbocycles. The summed E-state index contributed by atoms with van der Waals surface area (Å²) >= 11 is 0. The molecule has 1 unspecified atom stereocenters. The summed E-state index contributed by atoms with van der Waals surface area (Å²) in [6.45, 7) is 6.94. The number of pyridine rings is 1. The van der Waals surface area contributed by atoms with Gasteiger partial charge in [0.2, 0.25) is 6.35 Å². The fourth-order valence-electron chi connectivity index (χ4n) is 5.51. The molecule has 2 bridgehead atoms. The van der Waals surface area contributed by atoms with E-state index >= 15 is 0 Å². The number of benzene rings is 2. The summed E-state index contributed by atoms with van der Waals surface area (Å²) in [5.41, 5.74) is 1.95. The Hall–Kier alpha value is -4.85. The van der Waals surface area contributed by atoms with Crippen molar-refractivity contribution in [3.05, 3.63) is 78.1 Å². The molecule has 2 atom stereocenters. The van der Waals surface area contributed by atoms with Crippen LogP contribution in [0, 0.1) is 0 Å². The fraction of sp³-hybridized carbons (Fsp3) is 0.355. The van der Waals surface area contributed by atoms with Gasteiger partial charge in [-0.05, 0) is 69.7 Å². The molecule has 4 heterocycles. The average molecular weight is 623 g/mol. The maximum absolute atomic E-state index is 13.4. The molecule has 4 aromatic rings. The number of hydrogen-bond acceptors (Lipinski definition) is 9. The van der Waals surface area contributed by atoms with Crippen LogP contribution in [0.2, 0.25) is 0 Å². The predicted octanol–water partition coefficient (Wildman–Crippen LogP) is 5.16. The Bertz CT molecular complexity index is 1700. The van der Waals surface area contributed by atoms with Gasteiger partial charge >= 0.3 is 12.3 Å². The lowest BCUT2D eigenvalue weighted by atomic mass is 10.1. The summed E-state index contributed by atoms with van der Waals surface area (Å²) in [7, 11) is 0. The zero-order chi connectivity index (χ0) is 31.9. The van der Waals surface area contributed by atoms with Crippen LogP contribution in [0.4, 0.5) is 35.2 Å². The summed E-state index contributed by atoms with van der Waals surface area (Å²) in [4.78, 5) is 20.7. The van der Waals surface area contributed by atoms with Crippen molar-refractivity contribution in [2.45, 2.75) is 57.9 Å². The lowest BCUT2D eigenvalue weighted by Crippen LogP contribution is -2.51. The number of aromatic nitrogens is 4. The number of nitrogens with zero attached hydrogens (tertiary/aromatic N) is 6. The topological polar surface area (TPSA) is 121 Å². The number of nitrogens with one attached hydrogen (secondary N) is 2. The van der Waals surface area contributed by atoms with Crippen LogP contribution < -0.4 is 20.4 Å². The number of alkyl carbamates (subject to hydrolysis) is 1. The van der Waals surface area contributed by atoms with Gasteiger partial charge < -0.3 is 30.3 Å². The second-order valence-corrected chi connectivity index (χ2v) is 12.0. The fourth-order valence-corrected chi connectivity index (χ4v) is 5.51. The third-order valence-corrected chi connectivity index (χ3v) is 7.51. The quantitative estimate of drug-likeness (QED) is 0.240. The molecule has 45 heavy (non-hydrogen) atoms. The number of alkyl halides is 3. The van der Waals surface area contributed by atoms with Crippen molar-refractivity contribution in [1.29, 1.82) is 0 Å². The Morgan fingerprint density at radius 1 is 1.11 bits per heavy atom. The summed E-state index contributed by atoms with van der Waals surface area (Å²) in [5.74, 6) is 0.494. The van der Waals surface area contributed by atoms with Crippen molar-refractivity contribution in [3.8, 4) is 16.9 Å². The van der Waals surface area contributed by atoms with Crippen molar-refractivity contribution in [3.63, 3.8) is 0 Å². The van der Waals surface area contributed by atoms with Gasteiger partial charge in [0, 0.05) is 24.3 Å². The number of amides is 1. The molecular formula is C31H33F3N8O3. The molecule has 0 spiro atoms. The van der Waals surface area contributed by atoms with E-state index in [-0.39, 0.29) is 12.6 Å². The van der Waals surface area contributed by atoms with Crippen molar-refractivity contribution in [1.82, 2.24) is 25.3 Å². The van der Waals surface area contributed by atoms with Gasteiger partial charge in [-0.25, -0.2) is 14.5 Å². The van der Waals surface area contributed by atoms with E-state index in [2.05, 4.69) is 25.8 Å². The average Bonchev–Trinajstić information content (AvgIpc) is 3.63. The number of carbonyl (C=O) groups is 1. The molecule has 2 aliphatic heterocycles. The predicted molar refractivity (Wildman–Crippen MR) is 162 cm³/mol. The molecule has 3 N–H and O–H groups in total. The normalized spacial score (nSPS) is 16.7. The molecule has 1 fully saturated rings. The largest absolute Gasteiger partial charge is 0.444 e. The van der Waals surface area contributed by atoms with Gasteiger partial charge in [-0.3, -0.25) is 0 Å². The Morgan fingerprint density at radius 3 is 2.69 bits per heavy atom. The lowest BCUT2D eigenvalue weighted by molar-refractivity contribution is -0.137. The zero-order valence-corrected chi connectivity index (χ0v) is 24.9. The first-order valence-electron chi connectivity index (χ1n) is 14.5. The van der Waals surface area contributed by atoms with E-state index in [0.717, 1.165) is 30.8 Å². The van der Waals surface area contributed by atoms with Crippen LogP contribution in [0.15, 0.2) is 66.9 Å². The molecule has 14 heteroatoms. The maximum Gasteiger partial charge on any atom is 0.416 e. The smallest absolute Gasteiger partial charge is 0.416 e. The van der Waals surface area contributed by atoms with Gasteiger partial charge in [-0.2, -0.15) is 13.2 Å². The first kappa shape index (κ1) is 30.2. The van der Waals surface area contributed by atoms with Crippen LogP contribution in [0.5, 0.6) is 0 Å². The Labute approximate surface area is 257 Å². The van der Waals surface area contributed by atoms with E-state index in [1.54, 1.807) is 66.9 Å². The SMILES string of the molecule is CC(C)(C)OC(=O)NCc1cn(-c2cccc(NC(O)N3c4nc(-c5cccc(C(F)(F)F)c5)ccc4N4CC[C@H]3C4)c2)nn1. The number of carbonyl (C=O) groups excluding carboxylic acids is 1. The minimum absolute atomic E-state index is 0.0530. The first-order chi connectivity index (χ1) is 21.3. The summed E-state index contributed by atoms with van der Waals surface area (Å²) in [5, 5.41) is 25.6. The molecule has 236 valence electrons. The van der Waals surface area contributed by atoms with Crippen molar-refractivity contribution >= 4 is 23.3 Å². The summed E-state index contributed by atoms with van der Waals surface area (Å²) in [6.07, 6.45) is -3.75. The lowest BCUT2D eigenvalue weighted by Gasteiger charge is -2.40. The number of ether oxygens (including phenoxy) is 1. The number of rotatable bonds is 7. The highest BCUT2D eigenvalue weighted by molar-refractivity contribution is 5.76. The molecule has 6 rings (SSSR count). The zero-order valence-electron chi connectivity index (χ0n) is 24.9. The highest BCUT2D eigenvalue weighted by atomic mass is 19.4. The molecule has 1 amide bonds. The molecule has 1 saturated heterocycles. The van der Waals surface area contributed by atoms with Gasteiger partial charge in [0.05, 0.1) is 41.4 Å². The van der Waals surface area contributed by atoms with E-state index in [4.69, 9.17) is 9.72 Å². The van der Waals surface area contributed by atoms with Crippen LogP contribution in [0.25, 0.3) is 16.9 Å². The third-order valence-electron chi connectivity index (χ3n) is 7.51. The third kappa shape index (κ3) is 6.65. The molecule has 2 aromatic heterocycles. The molecule has 11 nitrogen and oxygen atoms in total. The minimum Gasteiger partial charge on any atom is -0.444 e. The minimum atomic E-state index is -4.47.